The van der Waals surface area contributed by atoms with Gasteiger partial charge in [0, 0.05) is 23.0 Å². The quantitative estimate of drug-likeness (QED) is 0.791. The minimum Gasteiger partial charge on any atom is -0.294 e. The molecule has 0 aromatic heterocycles. The summed E-state index contributed by atoms with van der Waals surface area (Å²) in [7, 11) is 0. The van der Waals surface area contributed by atoms with Crippen LogP contribution in [-0.4, -0.2) is 11.6 Å². The molecule has 0 N–H and O–H groups in total. The smallest absolute Gasteiger partial charge is 0.167 e. The number of hydrogen-bond donors (Lipinski definition) is 0. The number of rotatable bonds is 1. The Morgan fingerprint density at radius 1 is 0.650 bits per heavy atom. The van der Waals surface area contributed by atoms with Crippen LogP contribution in [0.15, 0.2) is 48.5 Å². The lowest BCUT2D eigenvalue weighted by molar-refractivity contribution is 0.0796. The first-order valence-electron chi connectivity index (χ1n) is 7.00. The minimum absolute atomic E-state index is 0.145. The van der Waals surface area contributed by atoms with Gasteiger partial charge in [-0.15, -0.1) is 0 Å². The van der Waals surface area contributed by atoms with Gasteiger partial charge in [0.2, 0.25) is 0 Å². The second-order valence-corrected chi connectivity index (χ2v) is 5.66. The van der Waals surface area contributed by atoms with Crippen LogP contribution in [0.2, 0.25) is 0 Å². The van der Waals surface area contributed by atoms with Crippen LogP contribution in [-0.2, 0) is 12.8 Å². The van der Waals surface area contributed by atoms with E-state index in [-0.39, 0.29) is 23.4 Å². The van der Waals surface area contributed by atoms with Gasteiger partial charge >= 0.3 is 0 Å². The van der Waals surface area contributed by atoms with E-state index in [4.69, 9.17) is 0 Å². The molecule has 0 spiro atoms. The van der Waals surface area contributed by atoms with E-state index in [0.29, 0.717) is 12.8 Å². The number of hydrogen-bond acceptors (Lipinski definition) is 2. The van der Waals surface area contributed by atoms with Gasteiger partial charge in [-0.05, 0) is 24.0 Å². The second kappa shape index (κ2) is 4.14. The third kappa shape index (κ3) is 1.51. The first-order chi connectivity index (χ1) is 9.75. The van der Waals surface area contributed by atoms with E-state index in [1.807, 2.05) is 48.5 Å². The zero-order valence-electron chi connectivity index (χ0n) is 11.0. The fraction of sp³-hybridized carbons (Fsp3) is 0.222. The molecule has 2 aliphatic rings. The number of ketones is 2. The molecule has 2 atom stereocenters. The maximum absolute atomic E-state index is 12.5. The van der Waals surface area contributed by atoms with E-state index >= 15 is 0 Å². The molecule has 2 heteroatoms. The fourth-order valence-corrected chi connectivity index (χ4v) is 3.59. The van der Waals surface area contributed by atoms with E-state index in [9.17, 15) is 9.59 Å². The maximum atomic E-state index is 12.5. The Bertz CT molecular complexity index is 666. The van der Waals surface area contributed by atoms with Gasteiger partial charge in [-0.1, -0.05) is 48.5 Å². The van der Waals surface area contributed by atoms with Crippen LogP contribution in [0.3, 0.4) is 0 Å². The summed E-state index contributed by atoms with van der Waals surface area (Å²) < 4.78 is 0. The number of carbonyl (C=O) groups is 2. The molecule has 0 aliphatic heterocycles. The van der Waals surface area contributed by atoms with Gasteiger partial charge in [-0.2, -0.15) is 0 Å². The van der Waals surface area contributed by atoms with Crippen molar-refractivity contribution in [2.24, 2.45) is 11.8 Å². The molecular weight excluding hydrogens is 248 g/mol. The van der Waals surface area contributed by atoms with Crippen molar-refractivity contribution in [1.29, 1.82) is 0 Å². The lowest BCUT2D eigenvalue weighted by Crippen LogP contribution is -2.25. The van der Waals surface area contributed by atoms with Crippen molar-refractivity contribution >= 4 is 11.6 Å². The van der Waals surface area contributed by atoms with Gasteiger partial charge in [-0.3, -0.25) is 9.59 Å². The SMILES string of the molecule is O=C1c2ccccc2CC1C1Cc2ccccc2C1=O. The first kappa shape index (κ1) is 11.6. The lowest BCUT2D eigenvalue weighted by Gasteiger charge is -2.14. The van der Waals surface area contributed by atoms with Crippen LogP contribution in [0.4, 0.5) is 0 Å². The van der Waals surface area contributed by atoms with E-state index in [2.05, 4.69) is 0 Å². The Morgan fingerprint density at radius 3 is 1.45 bits per heavy atom. The molecule has 0 saturated heterocycles. The number of benzene rings is 2. The van der Waals surface area contributed by atoms with Crippen molar-refractivity contribution in [3.8, 4) is 0 Å². The van der Waals surface area contributed by atoms with Crippen molar-refractivity contribution in [1.82, 2.24) is 0 Å². The summed E-state index contributed by atoms with van der Waals surface area (Å²) in [6, 6.07) is 15.5. The van der Waals surface area contributed by atoms with Gasteiger partial charge in [0.15, 0.2) is 11.6 Å². The Hall–Kier alpha value is -2.22. The first-order valence-corrected chi connectivity index (χ1v) is 7.00. The molecule has 20 heavy (non-hydrogen) atoms. The Morgan fingerprint density at radius 2 is 1.05 bits per heavy atom. The van der Waals surface area contributed by atoms with Crippen LogP contribution < -0.4 is 0 Å². The van der Waals surface area contributed by atoms with Crippen molar-refractivity contribution in [2.45, 2.75) is 12.8 Å². The molecule has 2 aliphatic carbocycles. The van der Waals surface area contributed by atoms with E-state index in [1.54, 1.807) is 0 Å². The van der Waals surface area contributed by atoms with Crippen LogP contribution in [0.25, 0.3) is 0 Å². The summed E-state index contributed by atoms with van der Waals surface area (Å²) in [4.78, 5) is 25.1. The van der Waals surface area contributed by atoms with Gasteiger partial charge in [0.25, 0.3) is 0 Å². The highest BCUT2D eigenvalue weighted by Gasteiger charge is 2.43. The third-order valence-electron chi connectivity index (χ3n) is 4.60. The lowest BCUT2D eigenvalue weighted by atomic mass is 9.86. The zero-order chi connectivity index (χ0) is 13.7. The van der Waals surface area contributed by atoms with E-state index in [0.717, 1.165) is 22.3 Å². The highest BCUT2D eigenvalue weighted by atomic mass is 16.1. The molecule has 2 aromatic carbocycles. The van der Waals surface area contributed by atoms with Crippen LogP contribution in [0.5, 0.6) is 0 Å². The number of Topliss-reactive ketones (excluding diaryl/α,β-unsaturated/α-hetero) is 2. The molecule has 2 nitrogen and oxygen atoms in total. The van der Waals surface area contributed by atoms with Crippen LogP contribution in [0.1, 0.15) is 31.8 Å². The zero-order valence-corrected chi connectivity index (χ0v) is 11.0. The van der Waals surface area contributed by atoms with Gasteiger partial charge in [0.05, 0.1) is 0 Å². The Kier molecular flexibility index (Phi) is 2.40. The second-order valence-electron chi connectivity index (χ2n) is 5.66. The van der Waals surface area contributed by atoms with Crippen LogP contribution >= 0.6 is 0 Å². The van der Waals surface area contributed by atoms with Gasteiger partial charge < -0.3 is 0 Å². The molecule has 0 fully saturated rings. The Balaban J connectivity index is 1.69. The molecule has 0 radical (unpaired) electrons. The van der Waals surface area contributed by atoms with Crippen molar-refractivity contribution in [3.63, 3.8) is 0 Å². The normalized spacial score (nSPS) is 23.8. The number of fused-ring (bicyclic) bond motifs is 2. The molecule has 0 heterocycles. The summed E-state index contributed by atoms with van der Waals surface area (Å²) >= 11 is 0. The maximum Gasteiger partial charge on any atom is 0.167 e. The van der Waals surface area contributed by atoms with E-state index in [1.165, 1.54) is 0 Å². The standard InChI is InChI=1S/C18H14O2/c19-17-13-7-3-1-5-11(13)9-15(17)16-10-12-6-2-4-8-14(12)18(16)20/h1-8,15-16H,9-10H2. The largest absolute Gasteiger partial charge is 0.294 e. The van der Waals surface area contributed by atoms with Gasteiger partial charge in [-0.25, -0.2) is 0 Å². The minimum atomic E-state index is -0.174. The number of carbonyl (C=O) groups excluding carboxylic acids is 2. The molecule has 0 saturated carbocycles. The summed E-state index contributed by atoms with van der Waals surface area (Å²) in [6.07, 6.45) is 1.42. The molecular formula is C18H14O2. The summed E-state index contributed by atoms with van der Waals surface area (Å²) in [5, 5.41) is 0. The molecule has 0 bridgehead atoms. The molecule has 2 aromatic rings. The topological polar surface area (TPSA) is 34.1 Å². The van der Waals surface area contributed by atoms with Crippen molar-refractivity contribution in [3.05, 3.63) is 70.8 Å². The fourth-order valence-electron chi connectivity index (χ4n) is 3.59. The summed E-state index contributed by atoms with van der Waals surface area (Å²) in [5.74, 6) is -0.0573. The third-order valence-corrected chi connectivity index (χ3v) is 4.60. The van der Waals surface area contributed by atoms with Gasteiger partial charge in [0.1, 0.15) is 0 Å². The monoisotopic (exact) mass is 262 g/mol. The summed E-state index contributed by atoms with van der Waals surface area (Å²) in [6.45, 7) is 0. The molecule has 98 valence electrons. The van der Waals surface area contributed by atoms with E-state index < -0.39 is 0 Å². The van der Waals surface area contributed by atoms with Crippen molar-refractivity contribution in [2.75, 3.05) is 0 Å². The molecule has 4 rings (SSSR count). The van der Waals surface area contributed by atoms with Crippen molar-refractivity contribution < 1.29 is 9.59 Å². The molecule has 2 unspecified atom stereocenters. The Labute approximate surface area is 117 Å². The van der Waals surface area contributed by atoms with Crippen LogP contribution in [0, 0.1) is 11.8 Å². The molecule has 0 amide bonds. The summed E-state index contributed by atoms with van der Waals surface area (Å²) in [5.41, 5.74) is 3.79. The predicted octanol–water partition coefficient (Wildman–Crippen LogP) is 3.10. The highest BCUT2D eigenvalue weighted by Crippen LogP contribution is 2.38. The average Bonchev–Trinajstić information content (AvgIpc) is 2.98. The average molecular weight is 262 g/mol. The predicted molar refractivity (Wildman–Crippen MR) is 75.9 cm³/mol. The highest BCUT2D eigenvalue weighted by molar-refractivity contribution is 6.09.